The summed E-state index contributed by atoms with van der Waals surface area (Å²) in [5.41, 5.74) is -1.89. The zero-order valence-electron chi connectivity index (χ0n) is 19.8. The zero-order valence-corrected chi connectivity index (χ0v) is 22.9. The zero-order chi connectivity index (χ0) is 27.8. The van der Waals surface area contributed by atoms with Crippen LogP contribution < -0.4 is 10.6 Å². The number of carbonyl (C=O) groups excluding carboxylic acids is 2. The van der Waals surface area contributed by atoms with Crippen molar-refractivity contribution >= 4 is 73.2 Å². The Hall–Kier alpha value is -3.15. The van der Waals surface area contributed by atoms with Gasteiger partial charge >= 0.3 is 6.18 Å². The van der Waals surface area contributed by atoms with Crippen LogP contribution in [0.25, 0.3) is 10.8 Å². The second-order valence-corrected chi connectivity index (χ2v) is 10.2. The topological polar surface area (TPSA) is 88.4 Å². The Morgan fingerprint density at radius 3 is 2.55 bits per heavy atom. The number of nitrogens with zero attached hydrogens (tertiary/aromatic N) is 3. The number of alkyl halides is 3. The molecule has 2 heterocycles. The Kier molecular flexibility index (Phi) is 8.01. The number of allylic oxidation sites excluding steroid dienone is 3. The van der Waals surface area contributed by atoms with Crippen molar-refractivity contribution in [3.05, 3.63) is 80.2 Å². The van der Waals surface area contributed by atoms with Crippen LogP contribution in [0.2, 0.25) is 5.02 Å². The highest BCUT2D eigenvalue weighted by Gasteiger charge is 2.37. The number of fused-ring (bicyclic) bond motifs is 1. The van der Waals surface area contributed by atoms with Gasteiger partial charge in [0.1, 0.15) is 5.69 Å². The van der Waals surface area contributed by atoms with Crippen molar-refractivity contribution in [2.24, 2.45) is 4.99 Å². The number of benzene rings is 2. The van der Waals surface area contributed by atoms with Crippen molar-refractivity contribution in [1.82, 2.24) is 15.1 Å². The summed E-state index contributed by atoms with van der Waals surface area (Å²) >= 11 is 16.3. The predicted octanol–water partition coefficient (Wildman–Crippen LogP) is 7.15. The summed E-state index contributed by atoms with van der Waals surface area (Å²) in [4.78, 5) is 30.6. The average Bonchev–Trinajstić information content (AvgIpc) is 3.17. The van der Waals surface area contributed by atoms with Crippen molar-refractivity contribution < 1.29 is 22.8 Å². The Morgan fingerprint density at radius 1 is 1.13 bits per heavy atom. The summed E-state index contributed by atoms with van der Waals surface area (Å²) < 4.78 is 42.2. The molecule has 0 radical (unpaired) electrons. The monoisotopic (exact) mass is 627 g/mol. The maximum absolute atomic E-state index is 13.6. The second kappa shape index (κ2) is 10.9. The molecule has 4 rings (SSSR count). The van der Waals surface area contributed by atoms with Gasteiger partial charge in [-0.2, -0.15) is 18.3 Å². The highest BCUT2D eigenvalue weighted by atomic mass is 79.9. The van der Waals surface area contributed by atoms with Gasteiger partial charge in [-0.15, -0.1) is 0 Å². The van der Waals surface area contributed by atoms with Crippen LogP contribution in [0.3, 0.4) is 0 Å². The second-order valence-electron chi connectivity index (χ2n) is 8.51. The van der Waals surface area contributed by atoms with Crippen molar-refractivity contribution in [1.29, 1.82) is 0 Å². The van der Waals surface area contributed by atoms with Crippen LogP contribution in [0.4, 0.5) is 18.9 Å². The summed E-state index contributed by atoms with van der Waals surface area (Å²) in [5.74, 6) is -1.72. The fourth-order valence-electron chi connectivity index (χ4n) is 3.66. The van der Waals surface area contributed by atoms with Gasteiger partial charge in [0.2, 0.25) is 0 Å². The lowest BCUT2D eigenvalue weighted by molar-refractivity contribution is -0.141. The molecule has 2 N–H and O–H groups in total. The number of hydrogen-bond donors (Lipinski definition) is 2. The third-order valence-electron chi connectivity index (χ3n) is 5.32. The SMILES string of the molecule is CC(C)NC(=O)c1cc2cc(Br)ccc2c(Cl)c1NC(=O)c1cc(C(F)(F)F)nn1C1=NC=CCC=C1Cl. The van der Waals surface area contributed by atoms with Gasteiger partial charge < -0.3 is 10.6 Å². The molecule has 0 fully saturated rings. The lowest BCUT2D eigenvalue weighted by Gasteiger charge is -2.17. The predicted molar refractivity (Wildman–Crippen MR) is 145 cm³/mol. The van der Waals surface area contributed by atoms with E-state index >= 15 is 0 Å². The van der Waals surface area contributed by atoms with E-state index < -0.39 is 29.4 Å². The fourth-order valence-corrected chi connectivity index (χ4v) is 4.58. The first-order valence-corrected chi connectivity index (χ1v) is 12.7. The molecule has 198 valence electrons. The summed E-state index contributed by atoms with van der Waals surface area (Å²) in [6.07, 6.45) is 0.0413. The van der Waals surface area contributed by atoms with Crippen molar-refractivity contribution in [3.63, 3.8) is 0 Å². The highest BCUT2D eigenvalue weighted by Crippen LogP contribution is 2.37. The Labute approximate surface area is 233 Å². The lowest BCUT2D eigenvalue weighted by atomic mass is 10.0. The number of nitrogens with one attached hydrogen (secondary N) is 2. The van der Waals surface area contributed by atoms with Crippen LogP contribution in [0.15, 0.2) is 63.2 Å². The maximum Gasteiger partial charge on any atom is 0.435 e. The number of carbonyl (C=O) groups is 2. The normalized spacial score (nSPS) is 13.8. The molecule has 2 amide bonds. The van der Waals surface area contributed by atoms with E-state index in [9.17, 15) is 22.8 Å². The molecule has 13 heteroatoms. The Morgan fingerprint density at radius 2 is 1.87 bits per heavy atom. The molecule has 38 heavy (non-hydrogen) atoms. The van der Waals surface area contributed by atoms with E-state index in [0.717, 1.165) is 4.47 Å². The standard InChI is InChI=1S/C25H19BrCl2F3N5O2/c1-12(2)33-23(37)16-10-13-9-14(26)6-7-15(13)20(28)21(16)34-24(38)18-11-19(25(29,30)31)35-36(18)22-17(27)5-3-4-8-32-22/h4-12H,3H2,1-2H3,(H,33,37)(H,34,38). The molecule has 0 saturated heterocycles. The fraction of sp³-hybridized carbons (Fsp3) is 0.200. The van der Waals surface area contributed by atoms with Crippen LogP contribution >= 0.6 is 39.1 Å². The smallest absolute Gasteiger partial charge is 0.350 e. The summed E-state index contributed by atoms with van der Waals surface area (Å²) in [6, 6.07) is 7.04. The van der Waals surface area contributed by atoms with Gasteiger partial charge in [0.25, 0.3) is 11.8 Å². The first-order chi connectivity index (χ1) is 17.9. The molecule has 0 unspecified atom stereocenters. The minimum atomic E-state index is -4.85. The average molecular weight is 629 g/mol. The first-order valence-electron chi connectivity index (χ1n) is 11.2. The highest BCUT2D eigenvalue weighted by molar-refractivity contribution is 9.10. The third kappa shape index (κ3) is 5.79. The molecule has 0 atom stereocenters. The number of anilines is 1. The van der Waals surface area contributed by atoms with Crippen LogP contribution in [0.1, 0.15) is 46.8 Å². The van der Waals surface area contributed by atoms with Gasteiger partial charge in [0.05, 0.1) is 21.3 Å². The van der Waals surface area contributed by atoms with E-state index in [0.29, 0.717) is 27.9 Å². The largest absolute Gasteiger partial charge is 0.435 e. The van der Waals surface area contributed by atoms with E-state index in [2.05, 4.69) is 36.7 Å². The molecule has 1 aromatic heterocycles. The van der Waals surface area contributed by atoms with Gasteiger partial charge in [-0.05, 0) is 43.9 Å². The molecule has 7 nitrogen and oxygen atoms in total. The molecule has 0 spiro atoms. The lowest BCUT2D eigenvalue weighted by Crippen LogP contribution is -2.31. The van der Waals surface area contributed by atoms with E-state index in [1.807, 2.05) is 0 Å². The van der Waals surface area contributed by atoms with Gasteiger partial charge in [-0.1, -0.05) is 57.4 Å². The van der Waals surface area contributed by atoms with Gasteiger partial charge in [-0.3, -0.25) is 9.59 Å². The van der Waals surface area contributed by atoms with Gasteiger partial charge in [0.15, 0.2) is 11.5 Å². The minimum absolute atomic E-state index is 0.00666. The molecule has 3 aromatic rings. The van der Waals surface area contributed by atoms with Crippen LogP contribution in [0, 0.1) is 0 Å². The number of hydrogen-bond acceptors (Lipinski definition) is 4. The summed E-state index contributed by atoms with van der Waals surface area (Å²) in [6.45, 7) is 3.51. The molecule has 0 aliphatic carbocycles. The Balaban J connectivity index is 1.87. The molecule has 2 aromatic carbocycles. The van der Waals surface area contributed by atoms with Crippen molar-refractivity contribution in [2.45, 2.75) is 32.5 Å². The molecular weight excluding hydrogens is 610 g/mol. The maximum atomic E-state index is 13.6. The van der Waals surface area contributed by atoms with E-state index in [4.69, 9.17) is 23.2 Å². The minimum Gasteiger partial charge on any atom is -0.350 e. The molecule has 0 bridgehead atoms. The first kappa shape index (κ1) is 27.9. The van der Waals surface area contributed by atoms with E-state index in [1.165, 1.54) is 18.3 Å². The van der Waals surface area contributed by atoms with Gasteiger partial charge in [0, 0.05) is 28.2 Å². The number of rotatable bonds is 4. The van der Waals surface area contributed by atoms with E-state index in [-0.39, 0.29) is 33.2 Å². The third-order valence-corrected chi connectivity index (χ3v) is 6.53. The van der Waals surface area contributed by atoms with Crippen LogP contribution in [-0.2, 0) is 6.18 Å². The number of halogens is 6. The Bertz CT molecular complexity index is 1540. The van der Waals surface area contributed by atoms with Gasteiger partial charge in [-0.25, -0.2) is 9.67 Å². The summed E-state index contributed by atoms with van der Waals surface area (Å²) in [7, 11) is 0. The molecular formula is C25H19BrCl2F3N5O2. The quantitative estimate of drug-likeness (QED) is 0.322. The van der Waals surface area contributed by atoms with Crippen LogP contribution in [-0.4, -0.2) is 33.5 Å². The molecule has 0 saturated carbocycles. The van der Waals surface area contributed by atoms with Crippen LogP contribution in [0.5, 0.6) is 0 Å². The number of aliphatic imine (C=N–C) groups is 1. The van der Waals surface area contributed by atoms with Crippen molar-refractivity contribution in [3.8, 4) is 0 Å². The van der Waals surface area contributed by atoms with Crippen molar-refractivity contribution in [2.75, 3.05) is 5.32 Å². The molecule has 1 aliphatic rings. The number of aromatic nitrogens is 2. The number of amides is 2. The molecule has 1 aliphatic heterocycles. The summed E-state index contributed by atoms with van der Waals surface area (Å²) in [5, 5.41) is 9.99. The van der Waals surface area contributed by atoms with E-state index in [1.54, 1.807) is 38.1 Å².